The largest absolute Gasteiger partial charge is 0.481 e. The second-order valence-electron chi connectivity index (χ2n) is 10.9. The highest BCUT2D eigenvalue weighted by molar-refractivity contribution is 5.72. The fourth-order valence-electron chi connectivity index (χ4n) is 5.82. The van der Waals surface area contributed by atoms with Crippen LogP contribution in [-0.4, -0.2) is 84.7 Å². The molecule has 3 fully saturated rings. The number of carboxylic acids is 1. The minimum Gasteiger partial charge on any atom is -0.481 e. The van der Waals surface area contributed by atoms with Crippen LogP contribution in [-0.2, 0) is 22.3 Å². The predicted octanol–water partition coefficient (Wildman–Crippen LogP) is 5.53. The van der Waals surface area contributed by atoms with E-state index in [-0.39, 0.29) is 38.1 Å². The van der Waals surface area contributed by atoms with Gasteiger partial charge in [0, 0.05) is 45.0 Å². The lowest BCUT2D eigenvalue weighted by Gasteiger charge is -2.39. The van der Waals surface area contributed by atoms with E-state index in [4.69, 9.17) is 0 Å². The summed E-state index contributed by atoms with van der Waals surface area (Å²) in [6.07, 6.45) is -20.6. The average molecular weight is 605 g/mol. The number of alkyl halides is 9. The lowest BCUT2D eigenvalue weighted by molar-refractivity contribution is -0.308. The third-order valence-electron chi connectivity index (χ3n) is 8.10. The van der Waals surface area contributed by atoms with Gasteiger partial charge in [-0.1, -0.05) is 6.07 Å². The fraction of sp³-hybridized carbons (Fsp3) is 0.680. The average Bonchev–Trinajstić information content (AvgIpc) is 3.49. The van der Waals surface area contributed by atoms with E-state index in [1.165, 1.54) is 6.07 Å². The normalized spacial score (nSPS) is 22.1. The zero-order valence-electron chi connectivity index (χ0n) is 21.6. The maximum atomic E-state index is 13.4. The predicted molar refractivity (Wildman–Crippen MR) is 125 cm³/mol. The van der Waals surface area contributed by atoms with Crippen LogP contribution in [0.4, 0.5) is 50.0 Å². The summed E-state index contributed by atoms with van der Waals surface area (Å²) in [4.78, 5) is 28.0. The number of amides is 1. The molecule has 0 aliphatic carbocycles. The topological polar surface area (TPSA) is 73.3 Å². The molecule has 1 atom stereocenters. The van der Waals surface area contributed by atoms with Gasteiger partial charge >= 0.3 is 30.6 Å². The van der Waals surface area contributed by atoms with Crippen LogP contribution in [0.3, 0.4) is 0 Å². The summed E-state index contributed by atoms with van der Waals surface area (Å²) in [5.41, 5.74) is -0.359. The number of anilines is 1. The molecule has 3 heterocycles. The number of likely N-dealkylation sites (tertiary alicyclic amines) is 2. The van der Waals surface area contributed by atoms with Crippen LogP contribution in [0.1, 0.15) is 36.8 Å². The molecule has 230 valence electrons. The minimum absolute atomic E-state index is 0.0725. The minimum atomic E-state index is -5.81. The van der Waals surface area contributed by atoms with Crippen LogP contribution in [0, 0.1) is 11.3 Å². The number of hydrogen-bond donors (Lipinski definition) is 1. The van der Waals surface area contributed by atoms with E-state index < -0.39 is 48.2 Å². The van der Waals surface area contributed by atoms with E-state index in [1.807, 2.05) is 4.90 Å². The van der Waals surface area contributed by atoms with Crippen LogP contribution in [0.15, 0.2) is 18.2 Å². The van der Waals surface area contributed by atoms with Gasteiger partial charge in [0.15, 0.2) is 0 Å². The van der Waals surface area contributed by atoms with Gasteiger partial charge in [-0.2, -0.15) is 39.5 Å². The molecular weight excluding hydrogens is 577 g/mol. The summed E-state index contributed by atoms with van der Waals surface area (Å²) in [5.74, 6) is -1.73. The van der Waals surface area contributed by atoms with Gasteiger partial charge < -0.3 is 19.6 Å². The van der Waals surface area contributed by atoms with Gasteiger partial charge in [-0.25, -0.2) is 4.79 Å². The molecule has 41 heavy (non-hydrogen) atoms. The molecule has 0 saturated carbocycles. The molecule has 16 heteroatoms. The number of aliphatic carboxylic acids is 1. The molecule has 1 spiro atoms. The number of hydrogen-bond acceptors (Lipinski definition) is 5. The van der Waals surface area contributed by atoms with Gasteiger partial charge in [-0.3, -0.25) is 9.69 Å². The summed E-state index contributed by atoms with van der Waals surface area (Å²) in [6, 6.07) is 3.35. The molecule has 3 aliphatic rings. The Morgan fingerprint density at radius 3 is 2.10 bits per heavy atom. The summed E-state index contributed by atoms with van der Waals surface area (Å²) in [5, 5.41) is 9.32. The first-order valence-corrected chi connectivity index (χ1v) is 12.9. The lowest BCUT2D eigenvalue weighted by atomic mass is 9.78. The first-order valence-electron chi connectivity index (χ1n) is 12.9. The standard InChI is InChI=1S/C25H28F9N3O4/c26-23(27,28)17-2-1-15(18(11-17)37-7-3-16(13-37)19(38)39)12-35-8-4-22(14-35)5-9-36(10-6-22)21(40)41-20(24(29,30)31)25(32,33)34/h1-2,11,16,20H,3-10,12-14H2,(H,38,39). The number of nitrogens with zero attached hydrogens (tertiary/aromatic N) is 3. The molecule has 1 amide bonds. The molecule has 0 radical (unpaired) electrons. The summed E-state index contributed by atoms with van der Waals surface area (Å²) < 4.78 is 121. The molecule has 3 aliphatic heterocycles. The van der Waals surface area contributed by atoms with E-state index in [9.17, 15) is 54.2 Å². The number of piperidine rings is 1. The molecule has 1 N–H and O–H groups in total. The van der Waals surface area contributed by atoms with E-state index in [0.29, 0.717) is 50.0 Å². The molecule has 7 nitrogen and oxygen atoms in total. The molecule has 1 unspecified atom stereocenters. The van der Waals surface area contributed by atoms with Gasteiger partial charge in [0.05, 0.1) is 11.5 Å². The van der Waals surface area contributed by atoms with E-state index in [2.05, 4.69) is 4.74 Å². The number of carbonyl (C=O) groups excluding carboxylic acids is 1. The number of ether oxygens (including phenoxy) is 1. The van der Waals surface area contributed by atoms with E-state index >= 15 is 0 Å². The summed E-state index contributed by atoms with van der Waals surface area (Å²) in [7, 11) is 0. The van der Waals surface area contributed by atoms with Crippen molar-refractivity contribution in [2.24, 2.45) is 11.3 Å². The zero-order chi connectivity index (χ0) is 30.4. The Morgan fingerprint density at radius 2 is 1.56 bits per heavy atom. The highest BCUT2D eigenvalue weighted by Crippen LogP contribution is 2.43. The van der Waals surface area contributed by atoms with Crippen LogP contribution in [0.2, 0.25) is 0 Å². The van der Waals surface area contributed by atoms with Crippen molar-refractivity contribution in [1.82, 2.24) is 9.80 Å². The van der Waals surface area contributed by atoms with Crippen LogP contribution >= 0.6 is 0 Å². The van der Waals surface area contributed by atoms with Crippen molar-refractivity contribution in [2.45, 2.75) is 56.9 Å². The number of rotatable bonds is 5. The SMILES string of the molecule is O=C(O)C1CCN(c2cc(C(F)(F)F)ccc2CN2CCC3(CCN(C(=O)OC(C(F)(F)F)C(F)(F)F)CC3)C2)C1. The van der Waals surface area contributed by atoms with Gasteiger partial charge in [-0.05, 0) is 55.3 Å². The number of halogens is 9. The molecule has 1 aromatic carbocycles. The Hall–Kier alpha value is -2.91. The second-order valence-corrected chi connectivity index (χ2v) is 10.9. The van der Waals surface area contributed by atoms with E-state index in [1.54, 1.807) is 4.90 Å². The molecule has 0 aromatic heterocycles. The van der Waals surface area contributed by atoms with Crippen molar-refractivity contribution in [2.75, 3.05) is 44.2 Å². The maximum Gasteiger partial charge on any atom is 0.434 e. The molecule has 0 bridgehead atoms. The van der Waals surface area contributed by atoms with Gasteiger partial charge in [0.2, 0.25) is 0 Å². The van der Waals surface area contributed by atoms with Crippen molar-refractivity contribution >= 4 is 17.7 Å². The van der Waals surface area contributed by atoms with Gasteiger partial charge in [0.1, 0.15) is 0 Å². The Labute approximate surface area is 228 Å². The van der Waals surface area contributed by atoms with Crippen LogP contribution in [0.5, 0.6) is 0 Å². The van der Waals surface area contributed by atoms with Gasteiger partial charge in [-0.15, -0.1) is 0 Å². The van der Waals surface area contributed by atoms with Gasteiger partial charge in [0.25, 0.3) is 6.10 Å². The van der Waals surface area contributed by atoms with Crippen molar-refractivity contribution < 1.29 is 58.9 Å². The number of carbonyl (C=O) groups is 2. The monoisotopic (exact) mass is 605 g/mol. The van der Waals surface area contributed by atoms with E-state index in [0.717, 1.165) is 17.0 Å². The first-order chi connectivity index (χ1) is 18.9. The molecular formula is C25H28F9N3O4. The van der Waals surface area contributed by atoms with Crippen LogP contribution in [0.25, 0.3) is 0 Å². The highest BCUT2D eigenvalue weighted by Gasteiger charge is 2.60. The second kappa shape index (κ2) is 11.1. The number of carboxylic acid groups (broad SMARTS) is 1. The zero-order valence-corrected chi connectivity index (χ0v) is 21.6. The third kappa shape index (κ3) is 7.12. The van der Waals surface area contributed by atoms with Crippen molar-refractivity contribution in [3.05, 3.63) is 29.3 Å². The molecule has 1 aromatic rings. The highest BCUT2D eigenvalue weighted by atomic mass is 19.4. The molecule has 3 saturated heterocycles. The third-order valence-corrected chi connectivity index (χ3v) is 8.10. The quantitative estimate of drug-likeness (QED) is 0.445. The Bertz CT molecular complexity index is 1120. The molecule has 4 rings (SSSR count). The van der Waals surface area contributed by atoms with Crippen LogP contribution < -0.4 is 4.90 Å². The Morgan fingerprint density at radius 1 is 0.951 bits per heavy atom. The lowest BCUT2D eigenvalue weighted by Crippen LogP contribution is -2.50. The first kappa shape index (κ1) is 31.0. The Kier molecular flexibility index (Phi) is 8.37. The smallest absolute Gasteiger partial charge is 0.434 e. The maximum absolute atomic E-state index is 13.4. The summed E-state index contributed by atoms with van der Waals surface area (Å²) in [6.45, 7) is 1.40. The van der Waals surface area contributed by atoms with Crippen molar-refractivity contribution in [3.8, 4) is 0 Å². The fourth-order valence-corrected chi connectivity index (χ4v) is 5.82. The Balaban J connectivity index is 1.40. The van der Waals surface area contributed by atoms with Crippen molar-refractivity contribution in [3.63, 3.8) is 0 Å². The summed E-state index contributed by atoms with van der Waals surface area (Å²) >= 11 is 0. The number of benzene rings is 1. The van der Waals surface area contributed by atoms with Crippen molar-refractivity contribution in [1.29, 1.82) is 0 Å².